The normalized spacial score (nSPS) is 10.7. The number of hydrogen-bond acceptors (Lipinski definition) is 4. The summed E-state index contributed by atoms with van der Waals surface area (Å²) in [6.45, 7) is 1.92. The number of nitrogens with one attached hydrogen (secondary N) is 2. The fourth-order valence-electron chi connectivity index (χ4n) is 2.31. The van der Waals surface area contributed by atoms with E-state index in [1.54, 1.807) is 48.5 Å². The second kappa shape index (κ2) is 7.94. The van der Waals surface area contributed by atoms with Crippen molar-refractivity contribution in [1.82, 2.24) is 5.43 Å². The second-order valence-electron chi connectivity index (χ2n) is 5.62. The first kappa shape index (κ1) is 17.2. The standard InChI is InChI=1S/C20H17N3O3/c1-14-5-2-6-15(11-14)19(24)22-17-8-3-7-16(12-17)20(25)23-21-13-18-9-4-10-26-18/h2-13H,1H3,(H,22,24)(H,23,25)/b21-13+. The zero-order valence-electron chi connectivity index (χ0n) is 14.1. The Balaban J connectivity index is 1.65. The van der Waals surface area contributed by atoms with Gasteiger partial charge >= 0.3 is 0 Å². The molecule has 3 aromatic rings. The molecule has 0 aliphatic carbocycles. The number of furan rings is 1. The van der Waals surface area contributed by atoms with Gasteiger partial charge in [-0.15, -0.1) is 0 Å². The minimum atomic E-state index is -0.389. The molecule has 0 spiro atoms. The van der Waals surface area contributed by atoms with Gasteiger partial charge in [-0.2, -0.15) is 5.10 Å². The summed E-state index contributed by atoms with van der Waals surface area (Å²) in [6.07, 6.45) is 2.92. The molecule has 0 fully saturated rings. The van der Waals surface area contributed by atoms with E-state index in [9.17, 15) is 9.59 Å². The molecule has 6 nitrogen and oxygen atoms in total. The van der Waals surface area contributed by atoms with Crippen molar-refractivity contribution < 1.29 is 14.0 Å². The molecular weight excluding hydrogens is 330 g/mol. The molecule has 0 radical (unpaired) electrons. The Morgan fingerprint density at radius 2 is 1.73 bits per heavy atom. The third kappa shape index (κ3) is 4.45. The molecule has 0 aliphatic rings. The average Bonchev–Trinajstić information content (AvgIpc) is 3.15. The molecular formula is C20H17N3O3. The Bertz CT molecular complexity index is 946. The van der Waals surface area contributed by atoms with Crippen molar-refractivity contribution in [1.29, 1.82) is 0 Å². The van der Waals surface area contributed by atoms with Crippen molar-refractivity contribution in [2.75, 3.05) is 5.32 Å². The highest BCUT2D eigenvalue weighted by molar-refractivity contribution is 6.05. The number of anilines is 1. The third-order valence-electron chi connectivity index (χ3n) is 3.56. The van der Waals surface area contributed by atoms with Gasteiger partial charge in [0.1, 0.15) is 5.76 Å². The number of hydrazone groups is 1. The number of hydrogen-bond donors (Lipinski definition) is 2. The smallest absolute Gasteiger partial charge is 0.271 e. The lowest BCUT2D eigenvalue weighted by Gasteiger charge is -2.07. The van der Waals surface area contributed by atoms with Gasteiger partial charge in [-0.25, -0.2) is 5.43 Å². The maximum Gasteiger partial charge on any atom is 0.271 e. The molecule has 1 heterocycles. The zero-order chi connectivity index (χ0) is 18.4. The predicted octanol–water partition coefficient (Wildman–Crippen LogP) is 3.60. The van der Waals surface area contributed by atoms with Crippen LogP contribution in [0.3, 0.4) is 0 Å². The largest absolute Gasteiger partial charge is 0.463 e. The Labute approximate surface area is 150 Å². The quantitative estimate of drug-likeness (QED) is 0.546. The first-order valence-corrected chi connectivity index (χ1v) is 7.97. The van der Waals surface area contributed by atoms with Crippen LogP contribution in [0.25, 0.3) is 0 Å². The zero-order valence-corrected chi connectivity index (χ0v) is 14.1. The van der Waals surface area contributed by atoms with Gasteiger partial charge in [-0.3, -0.25) is 9.59 Å². The topological polar surface area (TPSA) is 83.7 Å². The molecule has 0 saturated heterocycles. The highest BCUT2D eigenvalue weighted by atomic mass is 16.3. The van der Waals surface area contributed by atoms with E-state index in [0.29, 0.717) is 22.6 Å². The first-order valence-electron chi connectivity index (χ1n) is 7.97. The molecule has 0 aliphatic heterocycles. The molecule has 130 valence electrons. The lowest BCUT2D eigenvalue weighted by Crippen LogP contribution is -2.18. The summed E-state index contributed by atoms with van der Waals surface area (Å²) in [6, 6.07) is 17.4. The molecule has 1 aromatic heterocycles. The molecule has 6 heteroatoms. The van der Waals surface area contributed by atoms with Gasteiger partial charge in [-0.05, 0) is 49.4 Å². The summed E-state index contributed by atoms with van der Waals surface area (Å²) in [5.41, 5.74) is 4.88. The second-order valence-corrected chi connectivity index (χ2v) is 5.62. The van der Waals surface area contributed by atoms with E-state index in [2.05, 4.69) is 15.8 Å². The van der Waals surface area contributed by atoms with Crippen LogP contribution in [0.15, 0.2) is 76.4 Å². The van der Waals surface area contributed by atoms with Gasteiger partial charge in [0.2, 0.25) is 0 Å². The van der Waals surface area contributed by atoms with E-state index in [1.807, 2.05) is 19.1 Å². The van der Waals surface area contributed by atoms with Gasteiger partial charge in [0.25, 0.3) is 11.8 Å². The van der Waals surface area contributed by atoms with Crippen LogP contribution in [0.4, 0.5) is 5.69 Å². The maximum absolute atomic E-state index is 12.3. The minimum absolute atomic E-state index is 0.234. The van der Waals surface area contributed by atoms with Crippen molar-refractivity contribution in [3.63, 3.8) is 0 Å². The lowest BCUT2D eigenvalue weighted by molar-refractivity contribution is 0.0953. The summed E-state index contributed by atoms with van der Waals surface area (Å²) in [5.74, 6) is -0.0916. The van der Waals surface area contributed by atoms with E-state index >= 15 is 0 Å². The van der Waals surface area contributed by atoms with Gasteiger partial charge in [0.05, 0.1) is 12.5 Å². The van der Waals surface area contributed by atoms with Crippen LogP contribution in [0.2, 0.25) is 0 Å². The van der Waals surface area contributed by atoms with Gasteiger partial charge in [0.15, 0.2) is 0 Å². The molecule has 26 heavy (non-hydrogen) atoms. The number of carbonyl (C=O) groups excluding carboxylic acids is 2. The number of amides is 2. The molecule has 2 N–H and O–H groups in total. The van der Waals surface area contributed by atoms with Crippen LogP contribution in [0, 0.1) is 6.92 Å². The molecule has 2 aromatic carbocycles. The highest BCUT2D eigenvalue weighted by Crippen LogP contribution is 2.13. The summed E-state index contributed by atoms with van der Waals surface area (Å²) in [4.78, 5) is 24.5. The molecule has 0 unspecified atom stereocenters. The highest BCUT2D eigenvalue weighted by Gasteiger charge is 2.09. The van der Waals surface area contributed by atoms with Crippen molar-refractivity contribution in [2.24, 2.45) is 5.10 Å². The maximum atomic E-state index is 12.3. The summed E-state index contributed by atoms with van der Waals surface area (Å²) in [5, 5.41) is 6.62. The number of aryl methyl sites for hydroxylation is 1. The van der Waals surface area contributed by atoms with Crippen LogP contribution in [0.1, 0.15) is 32.0 Å². The Morgan fingerprint density at radius 3 is 2.46 bits per heavy atom. The lowest BCUT2D eigenvalue weighted by atomic mass is 10.1. The van der Waals surface area contributed by atoms with Crippen LogP contribution < -0.4 is 10.7 Å². The van der Waals surface area contributed by atoms with Crippen LogP contribution >= 0.6 is 0 Å². The van der Waals surface area contributed by atoms with Crippen LogP contribution in [-0.4, -0.2) is 18.0 Å². The predicted molar refractivity (Wildman–Crippen MR) is 99.3 cm³/mol. The number of nitrogens with zero attached hydrogens (tertiary/aromatic N) is 1. The number of rotatable bonds is 5. The van der Waals surface area contributed by atoms with Crippen LogP contribution in [0.5, 0.6) is 0 Å². The van der Waals surface area contributed by atoms with E-state index in [4.69, 9.17) is 4.42 Å². The van der Waals surface area contributed by atoms with Gasteiger partial charge in [-0.1, -0.05) is 23.8 Å². The van der Waals surface area contributed by atoms with E-state index in [0.717, 1.165) is 5.56 Å². The first-order chi connectivity index (χ1) is 12.6. The van der Waals surface area contributed by atoms with Gasteiger partial charge in [0, 0.05) is 16.8 Å². The summed E-state index contributed by atoms with van der Waals surface area (Å²) < 4.78 is 5.09. The fraction of sp³-hybridized carbons (Fsp3) is 0.0500. The van der Waals surface area contributed by atoms with E-state index in [-0.39, 0.29) is 11.8 Å². The number of benzene rings is 2. The monoisotopic (exact) mass is 347 g/mol. The van der Waals surface area contributed by atoms with Crippen LogP contribution in [-0.2, 0) is 0 Å². The Kier molecular flexibility index (Phi) is 5.24. The molecule has 0 bridgehead atoms. The number of carbonyl (C=O) groups is 2. The van der Waals surface area contributed by atoms with Gasteiger partial charge < -0.3 is 9.73 Å². The summed E-state index contributed by atoms with van der Waals surface area (Å²) >= 11 is 0. The van der Waals surface area contributed by atoms with E-state index in [1.165, 1.54) is 12.5 Å². The molecule has 3 rings (SSSR count). The molecule has 2 amide bonds. The Hall–Kier alpha value is -3.67. The molecule has 0 saturated carbocycles. The van der Waals surface area contributed by atoms with E-state index < -0.39 is 0 Å². The third-order valence-corrected chi connectivity index (χ3v) is 3.56. The Morgan fingerprint density at radius 1 is 0.962 bits per heavy atom. The fourth-order valence-corrected chi connectivity index (χ4v) is 2.31. The average molecular weight is 347 g/mol. The van der Waals surface area contributed by atoms with Crippen molar-refractivity contribution >= 4 is 23.7 Å². The van der Waals surface area contributed by atoms with Crippen molar-refractivity contribution in [2.45, 2.75) is 6.92 Å². The SMILES string of the molecule is Cc1cccc(C(=O)Nc2cccc(C(=O)N/N=C/c3ccco3)c2)c1. The van der Waals surface area contributed by atoms with Crippen molar-refractivity contribution in [3.8, 4) is 0 Å². The van der Waals surface area contributed by atoms with Crippen molar-refractivity contribution in [3.05, 3.63) is 89.4 Å². The summed E-state index contributed by atoms with van der Waals surface area (Å²) in [7, 11) is 0. The molecule has 0 atom stereocenters. The minimum Gasteiger partial charge on any atom is -0.463 e.